The Balaban J connectivity index is 2.07. The summed E-state index contributed by atoms with van der Waals surface area (Å²) in [5.41, 5.74) is 7.86. The number of para-hydroxylation sites is 1. The van der Waals surface area contributed by atoms with Crippen molar-refractivity contribution < 1.29 is 13.5 Å². The van der Waals surface area contributed by atoms with Gasteiger partial charge in [-0.3, -0.25) is 0 Å². The van der Waals surface area contributed by atoms with Crippen LogP contribution in [0.4, 0.5) is 20.2 Å². The third-order valence-electron chi connectivity index (χ3n) is 2.99. The molecule has 0 atom stereocenters. The first-order valence-electron chi connectivity index (χ1n) is 6.81. The van der Waals surface area contributed by atoms with Crippen LogP contribution in [0.1, 0.15) is 18.9 Å². The first-order chi connectivity index (χ1) is 10.1. The summed E-state index contributed by atoms with van der Waals surface area (Å²) >= 11 is 0. The number of hydrogen-bond acceptors (Lipinski definition) is 3. The van der Waals surface area contributed by atoms with Gasteiger partial charge in [-0.15, -0.1) is 0 Å². The molecular formula is C16H18F2N2O. The van der Waals surface area contributed by atoms with E-state index in [2.05, 4.69) is 5.32 Å². The predicted octanol–water partition coefficient (Wildman–Crippen LogP) is 3.95. The maximum absolute atomic E-state index is 13.1. The first kappa shape index (κ1) is 15.1. The van der Waals surface area contributed by atoms with E-state index < -0.39 is 11.6 Å². The summed E-state index contributed by atoms with van der Waals surface area (Å²) < 4.78 is 31.5. The van der Waals surface area contributed by atoms with E-state index in [1.54, 1.807) is 6.07 Å². The van der Waals surface area contributed by atoms with Crippen molar-refractivity contribution in [2.45, 2.75) is 19.9 Å². The van der Waals surface area contributed by atoms with Crippen molar-refractivity contribution in [2.24, 2.45) is 0 Å². The highest BCUT2D eigenvalue weighted by Gasteiger charge is 2.07. The van der Waals surface area contributed by atoms with Crippen LogP contribution in [0.2, 0.25) is 0 Å². The van der Waals surface area contributed by atoms with Crippen molar-refractivity contribution in [2.75, 3.05) is 17.7 Å². The number of rotatable bonds is 6. The molecule has 0 spiro atoms. The topological polar surface area (TPSA) is 47.3 Å². The van der Waals surface area contributed by atoms with Crippen LogP contribution in [0.25, 0.3) is 0 Å². The Hall–Kier alpha value is -2.30. The predicted molar refractivity (Wildman–Crippen MR) is 80.3 cm³/mol. The summed E-state index contributed by atoms with van der Waals surface area (Å²) in [4.78, 5) is 0. The van der Waals surface area contributed by atoms with E-state index in [1.165, 1.54) is 6.07 Å². The second-order valence-corrected chi connectivity index (χ2v) is 4.67. The van der Waals surface area contributed by atoms with Crippen molar-refractivity contribution >= 4 is 11.4 Å². The summed E-state index contributed by atoms with van der Waals surface area (Å²) in [7, 11) is 0. The molecular weight excluding hydrogens is 274 g/mol. The van der Waals surface area contributed by atoms with Crippen LogP contribution >= 0.6 is 0 Å². The molecule has 0 bridgehead atoms. The van der Waals surface area contributed by atoms with Gasteiger partial charge in [-0.1, -0.05) is 19.1 Å². The Morgan fingerprint density at radius 3 is 2.67 bits per heavy atom. The van der Waals surface area contributed by atoms with Gasteiger partial charge in [0.25, 0.3) is 0 Å². The molecule has 0 aliphatic carbocycles. The number of ether oxygens (including phenoxy) is 1. The van der Waals surface area contributed by atoms with E-state index in [-0.39, 0.29) is 0 Å². The summed E-state index contributed by atoms with van der Waals surface area (Å²) in [6.07, 6.45) is 0.895. The average Bonchev–Trinajstić information content (AvgIpc) is 2.48. The second kappa shape index (κ2) is 6.92. The Bertz CT molecular complexity index is 617. The van der Waals surface area contributed by atoms with Crippen molar-refractivity contribution in [3.05, 3.63) is 53.6 Å². The number of hydrogen-bond donors (Lipinski definition) is 2. The molecule has 0 unspecified atom stereocenters. The van der Waals surface area contributed by atoms with Crippen LogP contribution in [0.15, 0.2) is 36.4 Å². The molecule has 5 heteroatoms. The van der Waals surface area contributed by atoms with Gasteiger partial charge in [-0.25, -0.2) is 8.78 Å². The highest BCUT2D eigenvalue weighted by Crippen LogP contribution is 2.29. The minimum Gasteiger partial charge on any atom is -0.491 e. The molecule has 21 heavy (non-hydrogen) atoms. The number of halogens is 2. The number of anilines is 2. The fraction of sp³-hybridized carbons (Fsp3) is 0.250. The Kier molecular flexibility index (Phi) is 4.98. The third-order valence-corrected chi connectivity index (χ3v) is 2.99. The largest absolute Gasteiger partial charge is 0.491 e. The lowest BCUT2D eigenvalue weighted by molar-refractivity contribution is 0.319. The Morgan fingerprint density at radius 1 is 1.14 bits per heavy atom. The van der Waals surface area contributed by atoms with Crippen LogP contribution in [-0.4, -0.2) is 6.61 Å². The minimum atomic E-state index is -0.859. The summed E-state index contributed by atoms with van der Waals surface area (Å²) in [5.74, 6) is -1.09. The van der Waals surface area contributed by atoms with Gasteiger partial charge >= 0.3 is 0 Å². The monoisotopic (exact) mass is 292 g/mol. The second-order valence-electron chi connectivity index (χ2n) is 4.67. The average molecular weight is 292 g/mol. The number of nitrogens with two attached hydrogens (primary N) is 1. The maximum Gasteiger partial charge on any atom is 0.159 e. The van der Waals surface area contributed by atoms with Crippen LogP contribution in [0, 0.1) is 11.6 Å². The van der Waals surface area contributed by atoms with Crippen molar-refractivity contribution in [3.63, 3.8) is 0 Å². The molecule has 3 N–H and O–H groups in total. The molecule has 0 radical (unpaired) electrons. The van der Waals surface area contributed by atoms with Crippen molar-refractivity contribution in [1.29, 1.82) is 0 Å². The maximum atomic E-state index is 13.1. The van der Waals surface area contributed by atoms with Crippen LogP contribution < -0.4 is 15.8 Å². The molecule has 0 saturated carbocycles. The molecule has 2 rings (SSSR count). The lowest BCUT2D eigenvalue weighted by Gasteiger charge is -2.13. The van der Waals surface area contributed by atoms with E-state index in [9.17, 15) is 8.78 Å². The van der Waals surface area contributed by atoms with Crippen LogP contribution in [0.5, 0.6) is 5.75 Å². The van der Waals surface area contributed by atoms with Crippen molar-refractivity contribution in [3.8, 4) is 5.75 Å². The molecule has 0 aromatic heterocycles. The molecule has 2 aromatic rings. The highest BCUT2D eigenvalue weighted by molar-refractivity contribution is 5.72. The Labute approximate surface area is 122 Å². The Morgan fingerprint density at radius 2 is 1.95 bits per heavy atom. The summed E-state index contributed by atoms with van der Waals surface area (Å²) in [5, 5.41) is 3.10. The third kappa shape index (κ3) is 3.84. The molecule has 2 aromatic carbocycles. The van der Waals surface area contributed by atoms with Gasteiger partial charge < -0.3 is 15.8 Å². The van der Waals surface area contributed by atoms with E-state index in [1.807, 2.05) is 19.1 Å². The molecule has 0 heterocycles. The van der Waals surface area contributed by atoms with Gasteiger partial charge in [0.15, 0.2) is 11.6 Å². The molecule has 0 fully saturated rings. The normalized spacial score (nSPS) is 10.4. The van der Waals surface area contributed by atoms with Crippen LogP contribution in [0.3, 0.4) is 0 Å². The SMILES string of the molecule is CCCOc1cccc(NCc2ccc(F)c(F)c2)c1N. The number of nitrogens with one attached hydrogen (secondary N) is 1. The molecule has 3 nitrogen and oxygen atoms in total. The minimum absolute atomic E-state index is 0.346. The number of benzene rings is 2. The van der Waals surface area contributed by atoms with Crippen LogP contribution in [-0.2, 0) is 6.54 Å². The lowest BCUT2D eigenvalue weighted by Crippen LogP contribution is -2.05. The summed E-state index contributed by atoms with van der Waals surface area (Å²) in [6.45, 7) is 2.96. The molecule has 0 aliphatic heterocycles. The quantitative estimate of drug-likeness (QED) is 0.793. The zero-order chi connectivity index (χ0) is 15.2. The van der Waals surface area contributed by atoms with Gasteiger partial charge in [0, 0.05) is 6.54 Å². The van der Waals surface area contributed by atoms with Crippen molar-refractivity contribution in [1.82, 2.24) is 0 Å². The zero-order valence-electron chi connectivity index (χ0n) is 11.8. The lowest BCUT2D eigenvalue weighted by atomic mass is 10.2. The molecule has 0 amide bonds. The first-order valence-corrected chi connectivity index (χ1v) is 6.81. The summed E-state index contributed by atoms with van der Waals surface area (Å²) in [6, 6.07) is 9.24. The molecule has 0 saturated heterocycles. The molecule has 112 valence electrons. The fourth-order valence-electron chi connectivity index (χ4n) is 1.88. The van der Waals surface area contributed by atoms with Gasteiger partial charge in [-0.05, 0) is 36.2 Å². The van der Waals surface area contributed by atoms with Gasteiger partial charge in [0.2, 0.25) is 0 Å². The van der Waals surface area contributed by atoms with E-state index in [0.717, 1.165) is 18.6 Å². The highest BCUT2D eigenvalue weighted by atomic mass is 19.2. The smallest absolute Gasteiger partial charge is 0.159 e. The fourth-order valence-corrected chi connectivity index (χ4v) is 1.88. The molecule has 0 aliphatic rings. The standard InChI is InChI=1S/C16H18F2N2O/c1-2-8-21-15-5-3-4-14(16(15)19)20-10-11-6-7-12(17)13(18)9-11/h3-7,9,20H,2,8,10,19H2,1H3. The van der Waals surface area contributed by atoms with Gasteiger partial charge in [-0.2, -0.15) is 0 Å². The van der Waals surface area contributed by atoms with Gasteiger partial charge in [0.1, 0.15) is 5.75 Å². The van der Waals surface area contributed by atoms with Gasteiger partial charge in [0.05, 0.1) is 18.0 Å². The van der Waals surface area contributed by atoms with E-state index >= 15 is 0 Å². The van der Waals surface area contributed by atoms with E-state index in [4.69, 9.17) is 10.5 Å². The zero-order valence-corrected chi connectivity index (χ0v) is 11.8. The van der Waals surface area contributed by atoms with E-state index in [0.29, 0.717) is 35.8 Å². The number of nitrogen functional groups attached to an aromatic ring is 1.